The average molecular weight is 1150 g/mol. The standard InChI is InChI=1S/C58H68F2N10O13/c59-58(60)30-46(31-61)70(39-58)53(73)32-64-57(80)48-13-14-62-50-12-9-44(29-49(48)50)42-7-10-47(11-8-42)83-37-45(28-40-5-6-41-3-1-2-4-43(41)27-40)65-52(72)38-82-26-25-81-24-15-63-51(71)33-66-16-18-67(34-54(74)75)20-22-69(36-56(78)79)23-21-68(19-17-66)35-55(76)77/h1-14,27,29,45-46H,15-26,28,30,32-39H2,(H,63,71)(H,64,80)(H,65,72)(H,74,75)(H,76,77)(H,78,79)/t45-,46-/m0/s1. The number of carboxylic acids is 3. The first kappa shape index (κ1) is 62.4. The number of nitrogens with zero attached hydrogens (tertiary/aromatic N) is 7. The van der Waals surface area contributed by atoms with Crippen LogP contribution in [0.15, 0.2) is 97.2 Å². The first-order valence-electron chi connectivity index (χ1n) is 27.1. The van der Waals surface area contributed by atoms with Crippen molar-refractivity contribution in [1.82, 2.24) is 45.4 Å². The second-order valence-corrected chi connectivity index (χ2v) is 20.3. The summed E-state index contributed by atoms with van der Waals surface area (Å²) in [5, 5.41) is 48.6. The monoisotopic (exact) mass is 1150 g/mol. The van der Waals surface area contributed by atoms with E-state index in [0.29, 0.717) is 36.2 Å². The van der Waals surface area contributed by atoms with Crippen LogP contribution < -0.4 is 20.7 Å². The summed E-state index contributed by atoms with van der Waals surface area (Å²) in [6.07, 6.45) is 1.13. The van der Waals surface area contributed by atoms with Gasteiger partial charge in [-0.25, -0.2) is 8.78 Å². The van der Waals surface area contributed by atoms with E-state index in [1.165, 1.54) is 12.3 Å². The molecule has 4 aromatic carbocycles. The molecule has 2 aliphatic heterocycles. The Kier molecular flexibility index (Phi) is 23.1. The molecule has 25 heteroatoms. The molecule has 2 saturated heterocycles. The van der Waals surface area contributed by atoms with Gasteiger partial charge in [-0.05, 0) is 64.2 Å². The maximum atomic E-state index is 14.0. The van der Waals surface area contributed by atoms with Gasteiger partial charge in [-0.1, -0.05) is 60.7 Å². The van der Waals surface area contributed by atoms with Crippen molar-refractivity contribution in [2.75, 3.05) is 131 Å². The first-order valence-corrected chi connectivity index (χ1v) is 27.1. The van der Waals surface area contributed by atoms with E-state index < -0.39 is 67.2 Å². The van der Waals surface area contributed by atoms with Gasteiger partial charge in [0.25, 0.3) is 11.8 Å². The molecule has 2 fully saturated rings. The van der Waals surface area contributed by atoms with Gasteiger partial charge < -0.3 is 50.4 Å². The summed E-state index contributed by atoms with van der Waals surface area (Å²) in [6, 6.07) is 28.1. The summed E-state index contributed by atoms with van der Waals surface area (Å²) in [5.41, 5.74) is 3.21. The second kappa shape index (κ2) is 30.7. The van der Waals surface area contributed by atoms with Crippen LogP contribution in [0, 0.1) is 11.3 Å². The molecule has 3 heterocycles. The van der Waals surface area contributed by atoms with E-state index in [9.17, 15) is 62.9 Å². The molecule has 1 aromatic heterocycles. The van der Waals surface area contributed by atoms with Crippen LogP contribution in [0.1, 0.15) is 22.3 Å². The van der Waals surface area contributed by atoms with Crippen molar-refractivity contribution in [1.29, 1.82) is 5.26 Å². The van der Waals surface area contributed by atoms with E-state index in [4.69, 9.17) is 14.2 Å². The van der Waals surface area contributed by atoms with Crippen molar-refractivity contribution in [2.24, 2.45) is 0 Å². The van der Waals surface area contributed by atoms with Crippen molar-refractivity contribution in [3.8, 4) is 22.9 Å². The molecule has 0 spiro atoms. The highest BCUT2D eigenvalue weighted by atomic mass is 19.3. The summed E-state index contributed by atoms with van der Waals surface area (Å²) < 4.78 is 45.5. The van der Waals surface area contributed by atoms with Crippen LogP contribution in [0.3, 0.4) is 0 Å². The molecule has 6 N–H and O–H groups in total. The lowest BCUT2D eigenvalue weighted by Crippen LogP contribution is -2.50. The van der Waals surface area contributed by atoms with Gasteiger partial charge in [0.1, 0.15) is 25.0 Å². The predicted octanol–water partition coefficient (Wildman–Crippen LogP) is 2.28. The molecule has 0 radical (unpaired) electrons. The number of hydrogen-bond acceptors (Lipinski definition) is 16. The number of aromatic nitrogens is 1. The van der Waals surface area contributed by atoms with Crippen LogP contribution in [0.4, 0.5) is 8.78 Å². The molecular formula is C58H68F2N10O13. The van der Waals surface area contributed by atoms with Crippen LogP contribution in [-0.2, 0) is 44.7 Å². The van der Waals surface area contributed by atoms with Gasteiger partial charge in [-0.3, -0.25) is 58.1 Å². The lowest BCUT2D eigenvalue weighted by atomic mass is 10.0. The van der Waals surface area contributed by atoms with Crippen molar-refractivity contribution < 1.29 is 71.9 Å². The molecule has 2 atom stereocenters. The summed E-state index contributed by atoms with van der Waals surface area (Å²) >= 11 is 0. The normalized spacial score (nSPS) is 16.9. The molecule has 0 bridgehead atoms. The zero-order valence-corrected chi connectivity index (χ0v) is 45.8. The quantitative estimate of drug-likeness (QED) is 0.0433. The van der Waals surface area contributed by atoms with E-state index in [0.717, 1.165) is 32.4 Å². The maximum Gasteiger partial charge on any atom is 0.317 e. The number of halogens is 2. The maximum absolute atomic E-state index is 14.0. The number of aliphatic carboxylic acids is 3. The highest BCUT2D eigenvalue weighted by Crippen LogP contribution is 2.32. The number of nitriles is 1. The number of amides is 4. The van der Waals surface area contributed by atoms with Gasteiger partial charge >= 0.3 is 17.9 Å². The highest BCUT2D eigenvalue weighted by Gasteiger charge is 2.47. The third kappa shape index (κ3) is 20.0. The van der Waals surface area contributed by atoms with Gasteiger partial charge in [0.15, 0.2) is 0 Å². The van der Waals surface area contributed by atoms with Crippen molar-refractivity contribution >= 4 is 63.2 Å². The van der Waals surface area contributed by atoms with E-state index in [1.54, 1.807) is 45.0 Å². The van der Waals surface area contributed by atoms with Crippen molar-refractivity contribution in [2.45, 2.75) is 30.8 Å². The lowest BCUT2D eigenvalue weighted by Gasteiger charge is -2.32. The number of hydrogen-bond donors (Lipinski definition) is 6. The first-order chi connectivity index (χ1) is 39.9. The molecule has 4 amide bonds. The zero-order chi connectivity index (χ0) is 59.3. The van der Waals surface area contributed by atoms with Gasteiger partial charge in [0.05, 0.1) is 82.3 Å². The summed E-state index contributed by atoms with van der Waals surface area (Å²) in [5.74, 6) is -7.92. The number of carbonyl (C=O) groups excluding carboxylic acids is 4. The number of carboxylic acid groups (broad SMARTS) is 3. The van der Waals surface area contributed by atoms with E-state index in [1.807, 2.05) is 59.5 Å². The molecule has 83 heavy (non-hydrogen) atoms. The van der Waals surface area contributed by atoms with E-state index >= 15 is 0 Å². The van der Waals surface area contributed by atoms with Gasteiger partial charge in [0.2, 0.25) is 17.7 Å². The van der Waals surface area contributed by atoms with E-state index in [2.05, 4.69) is 27.0 Å². The molecule has 0 unspecified atom stereocenters. The third-order valence-electron chi connectivity index (χ3n) is 14.0. The Morgan fingerprint density at radius 1 is 0.687 bits per heavy atom. The number of benzene rings is 4. The lowest BCUT2D eigenvalue weighted by molar-refractivity contribution is -0.140. The molecule has 5 aromatic rings. The molecule has 0 aliphatic carbocycles. The highest BCUT2D eigenvalue weighted by molar-refractivity contribution is 6.07. The molecule has 2 aliphatic rings. The Labute approximate surface area is 477 Å². The number of fused-ring (bicyclic) bond motifs is 2. The Hall–Kier alpha value is -8.25. The fourth-order valence-corrected chi connectivity index (χ4v) is 9.77. The Morgan fingerprint density at radius 3 is 1.92 bits per heavy atom. The van der Waals surface area contributed by atoms with Crippen LogP contribution in [0.25, 0.3) is 32.8 Å². The minimum atomic E-state index is -3.19. The molecule has 7 rings (SSSR count). The second-order valence-electron chi connectivity index (χ2n) is 20.3. The number of ether oxygens (including phenoxy) is 3. The Bertz CT molecular complexity index is 3080. The Balaban J connectivity index is 0.872. The smallest absolute Gasteiger partial charge is 0.317 e. The average Bonchev–Trinajstić information content (AvgIpc) is 3.84. The third-order valence-corrected chi connectivity index (χ3v) is 14.0. The molecule has 0 saturated carbocycles. The predicted molar refractivity (Wildman–Crippen MR) is 299 cm³/mol. The SMILES string of the molecule is N#C[C@@H]1CC(F)(F)CN1C(=O)CNC(=O)c1ccnc2ccc(-c3ccc(OC[C@H](Cc4ccc5ccccc5c4)NC(=O)COCCOCCNC(=O)CN4CCN(CC(=O)O)CCN(CC(=O)O)CCN(CC(=O)O)CC4)cc3)cc12. The fraction of sp³-hybridized carbons (Fsp3) is 0.431. The summed E-state index contributed by atoms with van der Waals surface area (Å²) in [4.78, 5) is 99.2. The Morgan fingerprint density at radius 2 is 1.29 bits per heavy atom. The summed E-state index contributed by atoms with van der Waals surface area (Å²) in [7, 11) is 0. The van der Waals surface area contributed by atoms with Crippen LogP contribution in [0.5, 0.6) is 5.75 Å². The van der Waals surface area contributed by atoms with Crippen LogP contribution in [-0.4, -0.2) is 236 Å². The van der Waals surface area contributed by atoms with Gasteiger partial charge in [-0.15, -0.1) is 0 Å². The van der Waals surface area contributed by atoms with Gasteiger partial charge in [-0.2, -0.15) is 5.26 Å². The van der Waals surface area contributed by atoms with E-state index in [-0.39, 0.29) is 122 Å². The number of rotatable bonds is 26. The molecule has 442 valence electrons. The van der Waals surface area contributed by atoms with Gasteiger partial charge in [0, 0.05) is 76.9 Å². The number of alkyl halides is 2. The largest absolute Gasteiger partial charge is 0.491 e. The fourth-order valence-electron chi connectivity index (χ4n) is 9.77. The van der Waals surface area contributed by atoms with Crippen molar-refractivity contribution in [3.05, 3.63) is 108 Å². The number of pyridine rings is 1. The number of carbonyl (C=O) groups is 7. The topological polar surface area (TPSA) is 297 Å². The minimum Gasteiger partial charge on any atom is -0.491 e. The number of nitrogens with one attached hydrogen (secondary N) is 3. The molecule has 23 nitrogen and oxygen atoms in total. The zero-order valence-electron chi connectivity index (χ0n) is 45.8. The van der Waals surface area contributed by atoms with Crippen LogP contribution in [0.2, 0.25) is 0 Å². The molecular weight excluding hydrogens is 1080 g/mol. The number of likely N-dealkylation sites (tertiary alicyclic amines) is 1. The van der Waals surface area contributed by atoms with Crippen molar-refractivity contribution in [3.63, 3.8) is 0 Å². The van der Waals surface area contributed by atoms with Crippen LogP contribution >= 0.6 is 0 Å². The minimum absolute atomic E-state index is 0.0421. The summed E-state index contributed by atoms with van der Waals surface area (Å²) in [6.45, 7) is 0.214.